The van der Waals surface area contributed by atoms with E-state index in [0.29, 0.717) is 5.75 Å². The van der Waals surface area contributed by atoms with Crippen molar-refractivity contribution in [2.75, 3.05) is 13.2 Å². The number of carbonyl (C=O) groups excluding carboxylic acids is 1. The Morgan fingerprint density at radius 3 is 2.52 bits per heavy atom. The summed E-state index contributed by atoms with van der Waals surface area (Å²) < 4.78 is 5.58. The average Bonchev–Trinajstić information content (AvgIpc) is 2.39. The van der Waals surface area contributed by atoms with Crippen molar-refractivity contribution >= 4 is 11.9 Å². The number of aliphatic carboxylic acids is 1. The molecule has 0 unspecified atom stereocenters. The highest BCUT2D eigenvalue weighted by atomic mass is 16.5. The van der Waals surface area contributed by atoms with E-state index in [1.807, 2.05) is 45.9 Å². The van der Waals surface area contributed by atoms with Gasteiger partial charge in [-0.25, -0.2) is 0 Å². The van der Waals surface area contributed by atoms with Gasteiger partial charge in [0.15, 0.2) is 6.61 Å². The van der Waals surface area contributed by atoms with Gasteiger partial charge in [-0.2, -0.15) is 0 Å². The number of amides is 1. The van der Waals surface area contributed by atoms with Crippen molar-refractivity contribution in [1.82, 2.24) is 4.90 Å². The Hall–Kier alpha value is -2.04. The number of aryl methyl sites for hydroxylation is 2. The van der Waals surface area contributed by atoms with Crippen molar-refractivity contribution in [3.63, 3.8) is 0 Å². The van der Waals surface area contributed by atoms with Crippen LogP contribution in [0.25, 0.3) is 0 Å². The fourth-order valence-corrected chi connectivity index (χ4v) is 1.97. The highest BCUT2D eigenvalue weighted by molar-refractivity contribution is 5.78. The van der Waals surface area contributed by atoms with E-state index in [0.717, 1.165) is 11.1 Å². The molecule has 1 aromatic rings. The number of nitrogens with zero attached hydrogens (tertiary/aromatic N) is 1. The van der Waals surface area contributed by atoms with Crippen LogP contribution in [0.1, 0.15) is 31.4 Å². The summed E-state index contributed by atoms with van der Waals surface area (Å²) in [6, 6.07) is 5.76. The lowest BCUT2D eigenvalue weighted by atomic mass is 10.1. The van der Waals surface area contributed by atoms with E-state index < -0.39 is 5.97 Å². The molecule has 1 amide bonds. The predicted octanol–water partition coefficient (Wildman–Crippen LogP) is 2.39. The lowest BCUT2D eigenvalue weighted by molar-refractivity contribution is -0.139. The van der Waals surface area contributed by atoms with Crippen molar-refractivity contribution in [2.24, 2.45) is 0 Å². The maximum Gasteiger partial charge on any atom is 0.305 e. The first-order valence-electron chi connectivity index (χ1n) is 7.02. The number of hydrogen-bond acceptors (Lipinski definition) is 3. The van der Waals surface area contributed by atoms with Crippen molar-refractivity contribution in [3.05, 3.63) is 29.3 Å². The number of carbonyl (C=O) groups is 2. The van der Waals surface area contributed by atoms with Gasteiger partial charge in [-0.15, -0.1) is 0 Å². The first-order valence-corrected chi connectivity index (χ1v) is 7.02. The lowest BCUT2D eigenvalue weighted by Crippen LogP contribution is -2.41. The van der Waals surface area contributed by atoms with E-state index in [4.69, 9.17) is 9.84 Å². The Morgan fingerprint density at radius 1 is 1.29 bits per heavy atom. The number of rotatable bonds is 7. The van der Waals surface area contributed by atoms with E-state index in [-0.39, 0.29) is 31.5 Å². The zero-order valence-corrected chi connectivity index (χ0v) is 13.0. The van der Waals surface area contributed by atoms with Crippen LogP contribution in [0.15, 0.2) is 18.2 Å². The van der Waals surface area contributed by atoms with Crippen molar-refractivity contribution in [2.45, 2.75) is 40.2 Å². The van der Waals surface area contributed by atoms with Gasteiger partial charge in [-0.3, -0.25) is 9.59 Å². The highest BCUT2D eigenvalue weighted by Gasteiger charge is 2.18. The Kier molecular flexibility index (Phi) is 6.21. The fourth-order valence-electron chi connectivity index (χ4n) is 1.97. The molecule has 0 aliphatic heterocycles. The van der Waals surface area contributed by atoms with Gasteiger partial charge in [-0.1, -0.05) is 12.1 Å². The molecule has 0 spiro atoms. The molecule has 116 valence electrons. The molecule has 5 heteroatoms. The molecule has 0 heterocycles. The maximum absolute atomic E-state index is 12.2. The van der Waals surface area contributed by atoms with Crippen LogP contribution in [0.2, 0.25) is 0 Å². The molecule has 0 aromatic heterocycles. The zero-order valence-electron chi connectivity index (χ0n) is 13.0. The molecule has 0 saturated carbocycles. The number of hydrogen-bond donors (Lipinski definition) is 1. The van der Waals surface area contributed by atoms with Crippen molar-refractivity contribution in [1.29, 1.82) is 0 Å². The number of benzene rings is 1. The minimum Gasteiger partial charge on any atom is -0.483 e. The van der Waals surface area contributed by atoms with Crippen LogP contribution in [0.4, 0.5) is 0 Å². The number of carboxylic acid groups (broad SMARTS) is 1. The van der Waals surface area contributed by atoms with Gasteiger partial charge in [0.05, 0.1) is 6.42 Å². The molecule has 0 fully saturated rings. The largest absolute Gasteiger partial charge is 0.483 e. The molecular weight excluding hydrogens is 270 g/mol. The van der Waals surface area contributed by atoms with E-state index in [9.17, 15) is 9.59 Å². The molecule has 1 aromatic carbocycles. The number of ether oxygens (including phenoxy) is 1. The first-order chi connectivity index (χ1) is 9.81. The predicted molar refractivity (Wildman–Crippen MR) is 80.5 cm³/mol. The molecule has 21 heavy (non-hydrogen) atoms. The molecule has 1 N–H and O–H groups in total. The molecule has 5 nitrogen and oxygen atoms in total. The Balaban J connectivity index is 2.65. The standard InChI is InChI=1S/C16H23NO4/c1-11(2)17(8-7-16(19)20)15(18)10-21-14-9-12(3)5-6-13(14)4/h5-6,9,11H,7-8,10H2,1-4H3,(H,19,20). The third-order valence-electron chi connectivity index (χ3n) is 3.21. The van der Waals surface area contributed by atoms with Crippen LogP contribution in [0.5, 0.6) is 5.75 Å². The average molecular weight is 293 g/mol. The monoisotopic (exact) mass is 293 g/mol. The summed E-state index contributed by atoms with van der Waals surface area (Å²) in [7, 11) is 0. The van der Waals surface area contributed by atoms with Crippen molar-refractivity contribution < 1.29 is 19.4 Å². The summed E-state index contributed by atoms with van der Waals surface area (Å²) in [6.45, 7) is 7.71. The van der Waals surface area contributed by atoms with E-state index >= 15 is 0 Å². The second-order valence-electron chi connectivity index (χ2n) is 5.38. The Morgan fingerprint density at radius 2 is 1.95 bits per heavy atom. The van der Waals surface area contributed by atoms with Gasteiger partial charge in [-0.05, 0) is 44.9 Å². The van der Waals surface area contributed by atoms with Crippen LogP contribution in [0, 0.1) is 13.8 Å². The lowest BCUT2D eigenvalue weighted by Gasteiger charge is -2.26. The molecule has 1 rings (SSSR count). The summed E-state index contributed by atoms with van der Waals surface area (Å²) in [5.74, 6) is -0.429. The van der Waals surface area contributed by atoms with E-state index in [2.05, 4.69) is 0 Å². The van der Waals surface area contributed by atoms with Gasteiger partial charge in [0.1, 0.15) is 5.75 Å². The van der Waals surface area contributed by atoms with Crippen molar-refractivity contribution in [3.8, 4) is 5.75 Å². The molecular formula is C16H23NO4. The SMILES string of the molecule is Cc1ccc(C)c(OCC(=O)N(CCC(=O)O)C(C)C)c1. The third-order valence-corrected chi connectivity index (χ3v) is 3.21. The second-order valence-corrected chi connectivity index (χ2v) is 5.38. The number of carboxylic acids is 1. The van der Waals surface area contributed by atoms with E-state index in [1.54, 1.807) is 0 Å². The zero-order chi connectivity index (χ0) is 16.0. The smallest absolute Gasteiger partial charge is 0.305 e. The minimum absolute atomic E-state index is 0.0564. The second kappa shape index (κ2) is 7.67. The van der Waals surface area contributed by atoms with Gasteiger partial charge >= 0.3 is 5.97 Å². The molecule has 0 aliphatic rings. The quantitative estimate of drug-likeness (QED) is 0.838. The Labute approximate surface area is 125 Å². The van der Waals surface area contributed by atoms with Gasteiger partial charge < -0.3 is 14.7 Å². The topological polar surface area (TPSA) is 66.8 Å². The summed E-state index contributed by atoms with van der Waals surface area (Å²) in [4.78, 5) is 24.3. The van der Waals surface area contributed by atoms with Gasteiger partial charge in [0.25, 0.3) is 5.91 Å². The highest BCUT2D eigenvalue weighted by Crippen LogP contribution is 2.19. The van der Waals surface area contributed by atoms with Crippen LogP contribution >= 0.6 is 0 Å². The van der Waals surface area contributed by atoms with Gasteiger partial charge in [0, 0.05) is 12.6 Å². The normalized spacial score (nSPS) is 10.5. The van der Waals surface area contributed by atoms with Crippen LogP contribution < -0.4 is 4.74 Å². The van der Waals surface area contributed by atoms with Crippen LogP contribution in [-0.2, 0) is 9.59 Å². The van der Waals surface area contributed by atoms with Crippen LogP contribution in [-0.4, -0.2) is 41.1 Å². The molecule has 0 bridgehead atoms. The molecule has 0 saturated heterocycles. The Bertz CT molecular complexity index is 511. The molecule has 0 aliphatic carbocycles. The summed E-state index contributed by atoms with van der Waals surface area (Å²) >= 11 is 0. The summed E-state index contributed by atoms with van der Waals surface area (Å²) in [5, 5.41) is 8.73. The fraction of sp³-hybridized carbons (Fsp3) is 0.500. The van der Waals surface area contributed by atoms with Gasteiger partial charge in [0.2, 0.25) is 0 Å². The first kappa shape index (κ1) is 17.0. The summed E-state index contributed by atoms with van der Waals surface area (Å²) in [5.41, 5.74) is 2.03. The minimum atomic E-state index is -0.913. The summed E-state index contributed by atoms with van der Waals surface area (Å²) in [6.07, 6.45) is -0.0621. The third kappa shape index (κ3) is 5.45. The maximum atomic E-state index is 12.2. The van der Waals surface area contributed by atoms with Crippen LogP contribution in [0.3, 0.4) is 0 Å². The van der Waals surface area contributed by atoms with E-state index in [1.165, 1.54) is 4.90 Å². The molecule has 0 atom stereocenters. The molecule has 0 radical (unpaired) electrons.